The molecule has 5 rings (SSSR count). The van der Waals surface area contributed by atoms with Crippen LogP contribution in [-0.2, 0) is 4.74 Å². The molecule has 2 saturated heterocycles. The number of ether oxygens (including phenoxy) is 2. The van der Waals surface area contributed by atoms with E-state index in [9.17, 15) is 4.79 Å². The lowest BCUT2D eigenvalue weighted by molar-refractivity contribution is 0.0299. The first kappa shape index (κ1) is 17.1. The van der Waals surface area contributed by atoms with Crippen LogP contribution in [0.3, 0.4) is 0 Å². The summed E-state index contributed by atoms with van der Waals surface area (Å²) in [5.41, 5.74) is 1.61. The first-order chi connectivity index (χ1) is 13.2. The van der Waals surface area contributed by atoms with Gasteiger partial charge in [-0.15, -0.1) is 0 Å². The zero-order valence-electron chi connectivity index (χ0n) is 15.7. The highest BCUT2D eigenvalue weighted by Crippen LogP contribution is 2.31. The molecule has 1 aromatic heterocycles. The van der Waals surface area contributed by atoms with E-state index in [-0.39, 0.29) is 12.0 Å². The normalized spacial score (nSPS) is 23.9. The van der Waals surface area contributed by atoms with E-state index >= 15 is 0 Å². The number of hydrogen-bond acceptors (Lipinski definition) is 4. The quantitative estimate of drug-likeness (QED) is 0.880. The predicted molar refractivity (Wildman–Crippen MR) is 103 cm³/mol. The van der Waals surface area contributed by atoms with Gasteiger partial charge < -0.3 is 19.4 Å². The molecule has 1 amide bonds. The Bertz CT molecular complexity index is 823. The molecule has 144 valence electrons. The minimum absolute atomic E-state index is 0.0449. The Balaban J connectivity index is 1.25. The molecule has 3 aliphatic rings. The second-order valence-electron chi connectivity index (χ2n) is 8.07. The van der Waals surface area contributed by atoms with E-state index in [4.69, 9.17) is 9.47 Å². The number of hydrogen-bond donors (Lipinski definition) is 1. The molecule has 0 bridgehead atoms. The number of nitrogens with one attached hydrogen (secondary N) is 1. The molecule has 1 atom stereocenters. The summed E-state index contributed by atoms with van der Waals surface area (Å²) in [5.74, 6) is 1.87. The van der Waals surface area contributed by atoms with Crippen LogP contribution in [0, 0.1) is 5.92 Å². The third kappa shape index (κ3) is 3.82. The summed E-state index contributed by atoms with van der Waals surface area (Å²) in [4.78, 5) is 20.3. The summed E-state index contributed by atoms with van der Waals surface area (Å²) >= 11 is 0. The highest BCUT2D eigenvalue weighted by molar-refractivity contribution is 5.98. The Morgan fingerprint density at radius 1 is 1.15 bits per heavy atom. The lowest BCUT2D eigenvalue weighted by atomic mass is 10.2. The van der Waals surface area contributed by atoms with Gasteiger partial charge in [0.05, 0.1) is 13.2 Å². The number of aromatic amines is 1. The molecule has 1 aliphatic carbocycles. The highest BCUT2D eigenvalue weighted by atomic mass is 16.5. The molecule has 3 heterocycles. The van der Waals surface area contributed by atoms with Gasteiger partial charge in [-0.05, 0) is 49.4 Å². The van der Waals surface area contributed by atoms with Crippen LogP contribution in [0.1, 0.15) is 29.8 Å². The number of rotatable bonds is 5. The summed E-state index contributed by atoms with van der Waals surface area (Å²) in [6.45, 7) is 5.95. The summed E-state index contributed by atoms with van der Waals surface area (Å²) in [6.07, 6.45) is 4.17. The average molecular weight is 369 g/mol. The molecule has 1 saturated carbocycles. The topological polar surface area (TPSA) is 57.8 Å². The van der Waals surface area contributed by atoms with Crippen molar-refractivity contribution in [2.24, 2.45) is 5.92 Å². The number of morpholine rings is 1. The molecule has 6 nitrogen and oxygen atoms in total. The largest absolute Gasteiger partial charge is 0.489 e. The fraction of sp³-hybridized carbons (Fsp3) is 0.571. The van der Waals surface area contributed by atoms with Crippen LogP contribution in [0.4, 0.5) is 0 Å². The van der Waals surface area contributed by atoms with Gasteiger partial charge in [-0.3, -0.25) is 9.69 Å². The third-order valence-corrected chi connectivity index (χ3v) is 5.87. The number of likely N-dealkylation sites (tertiary alicyclic amines) is 1. The molecule has 3 fully saturated rings. The highest BCUT2D eigenvalue weighted by Gasteiger charge is 2.30. The van der Waals surface area contributed by atoms with Gasteiger partial charge in [-0.1, -0.05) is 0 Å². The molecular formula is C21H27N3O3. The van der Waals surface area contributed by atoms with Gasteiger partial charge in [0.15, 0.2) is 0 Å². The first-order valence-electron chi connectivity index (χ1n) is 10.1. The maximum Gasteiger partial charge on any atom is 0.270 e. The maximum absolute atomic E-state index is 12.7. The fourth-order valence-corrected chi connectivity index (χ4v) is 4.15. The van der Waals surface area contributed by atoms with Crippen molar-refractivity contribution < 1.29 is 14.3 Å². The van der Waals surface area contributed by atoms with Crippen LogP contribution < -0.4 is 4.74 Å². The molecule has 0 unspecified atom stereocenters. The van der Waals surface area contributed by atoms with Crippen molar-refractivity contribution in [1.82, 2.24) is 14.8 Å². The number of carbonyl (C=O) groups excluding carboxylic acids is 1. The minimum Gasteiger partial charge on any atom is -0.489 e. The number of carbonyl (C=O) groups is 1. The molecule has 2 aromatic rings. The molecule has 0 spiro atoms. The Morgan fingerprint density at radius 3 is 2.81 bits per heavy atom. The van der Waals surface area contributed by atoms with Gasteiger partial charge in [-0.2, -0.15) is 0 Å². The fourth-order valence-electron chi connectivity index (χ4n) is 4.15. The molecule has 1 aromatic carbocycles. The van der Waals surface area contributed by atoms with Crippen LogP contribution in [0.5, 0.6) is 5.75 Å². The van der Waals surface area contributed by atoms with Crippen LogP contribution in [-0.4, -0.2) is 72.7 Å². The van der Waals surface area contributed by atoms with Crippen LogP contribution in [0.25, 0.3) is 10.9 Å². The summed E-state index contributed by atoms with van der Waals surface area (Å²) in [7, 11) is 0. The Labute approximate surface area is 159 Å². The maximum atomic E-state index is 12.7. The molecule has 1 N–H and O–H groups in total. The van der Waals surface area contributed by atoms with E-state index in [1.54, 1.807) is 0 Å². The Hall–Kier alpha value is -2.05. The monoisotopic (exact) mass is 369 g/mol. The van der Waals surface area contributed by atoms with Crippen molar-refractivity contribution in [3.05, 3.63) is 30.0 Å². The summed E-state index contributed by atoms with van der Waals surface area (Å²) in [5, 5.41) is 1.02. The molecule has 0 radical (unpaired) electrons. The van der Waals surface area contributed by atoms with Crippen LogP contribution in [0.15, 0.2) is 24.3 Å². The predicted octanol–water partition coefficient (Wildman–Crippen LogP) is 2.50. The van der Waals surface area contributed by atoms with E-state index in [1.807, 2.05) is 29.2 Å². The molecule has 6 heteroatoms. The average Bonchev–Trinajstić information content (AvgIpc) is 3.23. The molecule has 2 aliphatic heterocycles. The van der Waals surface area contributed by atoms with E-state index in [0.29, 0.717) is 32.0 Å². The van der Waals surface area contributed by atoms with Gasteiger partial charge in [0.25, 0.3) is 5.91 Å². The van der Waals surface area contributed by atoms with Crippen LogP contribution >= 0.6 is 0 Å². The number of aromatic nitrogens is 1. The molecular weight excluding hydrogens is 342 g/mol. The third-order valence-electron chi connectivity index (χ3n) is 5.87. The van der Waals surface area contributed by atoms with Gasteiger partial charge >= 0.3 is 0 Å². The molecule has 27 heavy (non-hydrogen) atoms. The van der Waals surface area contributed by atoms with E-state index in [1.165, 1.54) is 19.4 Å². The second kappa shape index (κ2) is 7.17. The number of amides is 1. The van der Waals surface area contributed by atoms with Gasteiger partial charge in [0.1, 0.15) is 17.5 Å². The summed E-state index contributed by atoms with van der Waals surface area (Å²) in [6, 6.07) is 8.00. The zero-order valence-corrected chi connectivity index (χ0v) is 15.7. The summed E-state index contributed by atoms with van der Waals surface area (Å²) < 4.78 is 11.6. The standard InChI is InChI=1S/C21H27N3O3/c25-21(24-7-9-26-10-8-24)20-12-16-11-17(3-4-19(16)22-20)27-18-5-6-23(14-18)13-15-1-2-15/h3-4,11-12,15,18,22H,1-2,5-10,13-14H2/t18-/m0/s1. The zero-order chi connectivity index (χ0) is 18.2. The van der Waals surface area contributed by atoms with Gasteiger partial charge in [0.2, 0.25) is 0 Å². The smallest absolute Gasteiger partial charge is 0.270 e. The van der Waals surface area contributed by atoms with E-state index in [2.05, 4.69) is 9.88 Å². The lowest BCUT2D eigenvalue weighted by Crippen LogP contribution is -2.40. The van der Waals surface area contributed by atoms with Crippen molar-refractivity contribution in [3.8, 4) is 5.75 Å². The van der Waals surface area contributed by atoms with Crippen molar-refractivity contribution >= 4 is 16.8 Å². The SMILES string of the molecule is O=C(c1cc2cc(O[C@H]3CCN(CC4CC4)C3)ccc2[nH]1)N1CCOCC1. The van der Waals surface area contributed by atoms with Gasteiger partial charge in [-0.25, -0.2) is 0 Å². The lowest BCUT2D eigenvalue weighted by Gasteiger charge is -2.26. The number of fused-ring (bicyclic) bond motifs is 1. The number of nitrogens with zero attached hydrogens (tertiary/aromatic N) is 2. The van der Waals surface area contributed by atoms with Crippen molar-refractivity contribution in [2.75, 3.05) is 45.9 Å². The van der Waals surface area contributed by atoms with E-state index < -0.39 is 0 Å². The number of H-pyrrole nitrogens is 1. The van der Waals surface area contributed by atoms with E-state index in [0.717, 1.165) is 42.1 Å². The van der Waals surface area contributed by atoms with Crippen molar-refractivity contribution in [2.45, 2.75) is 25.4 Å². The second-order valence-corrected chi connectivity index (χ2v) is 8.07. The van der Waals surface area contributed by atoms with Gasteiger partial charge in [0, 0.05) is 43.6 Å². The first-order valence-corrected chi connectivity index (χ1v) is 10.1. The van der Waals surface area contributed by atoms with Crippen molar-refractivity contribution in [3.63, 3.8) is 0 Å². The number of benzene rings is 1. The Kier molecular flexibility index (Phi) is 4.53. The van der Waals surface area contributed by atoms with Crippen LogP contribution in [0.2, 0.25) is 0 Å². The Morgan fingerprint density at radius 2 is 2.00 bits per heavy atom. The minimum atomic E-state index is 0.0449. The van der Waals surface area contributed by atoms with Crippen molar-refractivity contribution in [1.29, 1.82) is 0 Å².